The first-order valence-electron chi connectivity index (χ1n) is 3.41. The topological polar surface area (TPSA) is 45.7 Å². The fourth-order valence-corrected chi connectivity index (χ4v) is 1.04. The van der Waals surface area contributed by atoms with Gasteiger partial charge in [0, 0.05) is 5.56 Å². The summed E-state index contributed by atoms with van der Waals surface area (Å²) in [5, 5.41) is 11.6. The maximum Gasteiger partial charge on any atom is 0.110 e. The van der Waals surface area contributed by atoms with Crippen molar-refractivity contribution in [2.45, 2.75) is 20.8 Å². The van der Waals surface area contributed by atoms with E-state index in [4.69, 9.17) is 9.62 Å². The number of nitrogens with zero attached hydrogens (tertiary/aromatic N) is 1. The second-order valence-electron chi connectivity index (χ2n) is 2.51. The first-order valence-corrected chi connectivity index (χ1v) is 3.41. The third kappa shape index (κ3) is 1.42. The van der Waals surface area contributed by atoms with Crippen LogP contribution in [-0.4, -0.2) is 10.9 Å². The van der Waals surface area contributed by atoms with Crippen LogP contribution in [0.5, 0.6) is 0 Å². The molecule has 11 heavy (non-hydrogen) atoms. The fraction of sp³-hybridized carbons (Fsp3) is 0.375. The van der Waals surface area contributed by atoms with E-state index in [9.17, 15) is 0 Å². The molecule has 1 heterocycles. The Hall–Kier alpha value is -1.25. The molecule has 0 amide bonds. The van der Waals surface area contributed by atoms with Gasteiger partial charge in [-0.1, -0.05) is 5.16 Å². The van der Waals surface area contributed by atoms with Crippen LogP contribution in [0.1, 0.15) is 24.0 Å². The number of oxime groups is 1. The minimum atomic E-state index is 0.583. The van der Waals surface area contributed by atoms with Gasteiger partial charge in [0.25, 0.3) is 0 Å². The molecule has 0 saturated carbocycles. The highest BCUT2D eigenvalue weighted by Crippen LogP contribution is 2.14. The van der Waals surface area contributed by atoms with Crippen LogP contribution < -0.4 is 0 Å². The number of hydrogen-bond acceptors (Lipinski definition) is 3. The Labute approximate surface area is 65.3 Å². The molecule has 0 aromatic carbocycles. The van der Waals surface area contributed by atoms with E-state index >= 15 is 0 Å². The van der Waals surface area contributed by atoms with Gasteiger partial charge in [-0.15, -0.1) is 0 Å². The highest BCUT2D eigenvalue weighted by atomic mass is 16.4. The van der Waals surface area contributed by atoms with Crippen LogP contribution >= 0.6 is 0 Å². The summed E-state index contributed by atoms with van der Waals surface area (Å²) >= 11 is 0. The van der Waals surface area contributed by atoms with E-state index in [1.54, 1.807) is 6.92 Å². The first kappa shape index (κ1) is 7.85. The summed E-state index contributed by atoms with van der Waals surface area (Å²) < 4.78 is 5.25. The van der Waals surface area contributed by atoms with E-state index in [1.807, 2.05) is 19.9 Å². The number of rotatable bonds is 1. The van der Waals surface area contributed by atoms with Gasteiger partial charge in [0.15, 0.2) is 0 Å². The Morgan fingerprint density at radius 1 is 1.55 bits per heavy atom. The molecule has 0 radical (unpaired) electrons. The molecule has 0 fully saturated rings. The van der Waals surface area contributed by atoms with Gasteiger partial charge in [0.05, 0.1) is 5.71 Å². The zero-order chi connectivity index (χ0) is 8.43. The Morgan fingerprint density at radius 3 is 2.55 bits per heavy atom. The molecule has 0 spiro atoms. The van der Waals surface area contributed by atoms with Crippen LogP contribution in [0.4, 0.5) is 0 Å². The van der Waals surface area contributed by atoms with Gasteiger partial charge in [0.2, 0.25) is 0 Å². The summed E-state index contributed by atoms with van der Waals surface area (Å²) in [5.41, 5.74) is 1.45. The predicted octanol–water partition coefficient (Wildman–Crippen LogP) is 2.09. The lowest BCUT2D eigenvalue weighted by molar-refractivity contribution is 0.319. The third-order valence-electron chi connectivity index (χ3n) is 1.58. The lowest BCUT2D eigenvalue weighted by Gasteiger charge is -1.91. The van der Waals surface area contributed by atoms with E-state index in [2.05, 4.69) is 5.16 Å². The van der Waals surface area contributed by atoms with E-state index < -0.39 is 0 Å². The van der Waals surface area contributed by atoms with Crippen molar-refractivity contribution in [2.75, 3.05) is 0 Å². The number of hydrogen-bond donors (Lipinski definition) is 1. The van der Waals surface area contributed by atoms with Crippen LogP contribution in [0, 0.1) is 13.8 Å². The minimum Gasteiger partial charge on any atom is -0.466 e. The SMILES string of the molecule is C/C(=N\O)c1cc(C)oc1C. The van der Waals surface area contributed by atoms with Gasteiger partial charge in [-0.25, -0.2) is 0 Å². The zero-order valence-electron chi connectivity index (χ0n) is 6.88. The highest BCUT2D eigenvalue weighted by Gasteiger charge is 2.06. The fourth-order valence-electron chi connectivity index (χ4n) is 1.04. The summed E-state index contributed by atoms with van der Waals surface area (Å²) in [6.07, 6.45) is 0. The molecule has 1 N–H and O–H groups in total. The Morgan fingerprint density at radius 2 is 2.18 bits per heavy atom. The van der Waals surface area contributed by atoms with Crippen molar-refractivity contribution in [3.05, 3.63) is 23.2 Å². The van der Waals surface area contributed by atoms with Gasteiger partial charge in [0.1, 0.15) is 11.5 Å². The molecule has 1 aromatic rings. The molecule has 0 unspecified atom stereocenters. The monoisotopic (exact) mass is 153 g/mol. The van der Waals surface area contributed by atoms with Crippen molar-refractivity contribution in [3.8, 4) is 0 Å². The Kier molecular flexibility index (Phi) is 1.98. The largest absolute Gasteiger partial charge is 0.466 e. The normalized spacial score (nSPS) is 12.1. The minimum absolute atomic E-state index is 0.583. The van der Waals surface area contributed by atoms with Gasteiger partial charge in [-0.3, -0.25) is 0 Å². The van der Waals surface area contributed by atoms with Gasteiger partial charge in [-0.05, 0) is 26.8 Å². The smallest absolute Gasteiger partial charge is 0.110 e. The number of aryl methyl sites for hydroxylation is 2. The molecule has 0 bridgehead atoms. The molecule has 3 heteroatoms. The Balaban J connectivity index is 3.13. The van der Waals surface area contributed by atoms with Crippen molar-refractivity contribution >= 4 is 5.71 Å². The average Bonchev–Trinajstić information content (AvgIpc) is 2.28. The summed E-state index contributed by atoms with van der Waals surface area (Å²) in [6, 6.07) is 1.85. The molecule has 0 saturated heterocycles. The third-order valence-corrected chi connectivity index (χ3v) is 1.58. The van der Waals surface area contributed by atoms with E-state index in [1.165, 1.54) is 0 Å². The molecular formula is C8H11NO2. The van der Waals surface area contributed by atoms with E-state index in [0.29, 0.717) is 5.71 Å². The number of furan rings is 1. The van der Waals surface area contributed by atoms with Crippen molar-refractivity contribution in [1.29, 1.82) is 0 Å². The van der Waals surface area contributed by atoms with Gasteiger partial charge in [-0.2, -0.15) is 0 Å². The van der Waals surface area contributed by atoms with Crippen LogP contribution in [-0.2, 0) is 0 Å². The second kappa shape index (κ2) is 2.78. The summed E-state index contributed by atoms with van der Waals surface area (Å²) in [4.78, 5) is 0. The van der Waals surface area contributed by atoms with Crippen LogP contribution in [0.3, 0.4) is 0 Å². The lowest BCUT2D eigenvalue weighted by atomic mass is 10.2. The lowest BCUT2D eigenvalue weighted by Crippen LogP contribution is -1.93. The molecule has 3 nitrogen and oxygen atoms in total. The van der Waals surface area contributed by atoms with Crippen molar-refractivity contribution < 1.29 is 9.62 Å². The molecule has 0 aliphatic rings. The second-order valence-corrected chi connectivity index (χ2v) is 2.51. The van der Waals surface area contributed by atoms with Crippen molar-refractivity contribution in [3.63, 3.8) is 0 Å². The van der Waals surface area contributed by atoms with Crippen LogP contribution in [0.2, 0.25) is 0 Å². The predicted molar refractivity (Wildman–Crippen MR) is 42.2 cm³/mol. The maximum absolute atomic E-state index is 8.47. The molecule has 0 aliphatic heterocycles. The van der Waals surface area contributed by atoms with Crippen LogP contribution in [0.15, 0.2) is 15.6 Å². The average molecular weight is 153 g/mol. The summed E-state index contributed by atoms with van der Waals surface area (Å²) in [7, 11) is 0. The molecule has 1 aromatic heterocycles. The molecule has 60 valence electrons. The summed E-state index contributed by atoms with van der Waals surface area (Å²) in [5.74, 6) is 1.62. The molecule has 0 aliphatic carbocycles. The van der Waals surface area contributed by atoms with Crippen molar-refractivity contribution in [2.24, 2.45) is 5.16 Å². The summed E-state index contributed by atoms with van der Waals surface area (Å²) in [6.45, 7) is 5.44. The van der Waals surface area contributed by atoms with Gasteiger partial charge < -0.3 is 9.62 Å². The van der Waals surface area contributed by atoms with E-state index in [0.717, 1.165) is 17.1 Å². The molecule has 1 rings (SSSR count). The zero-order valence-corrected chi connectivity index (χ0v) is 6.88. The molecular weight excluding hydrogens is 142 g/mol. The highest BCUT2D eigenvalue weighted by molar-refractivity contribution is 5.99. The van der Waals surface area contributed by atoms with Gasteiger partial charge >= 0.3 is 0 Å². The van der Waals surface area contributed by atoms with Crippen molar-refractivity contribution in [1.82, 2.24) is 0 Å². The maximum atomic E-state index is 8.47. The standard InChI is InChI=1S/C8H11NO2/c1-5-4-8(6(2)9-10)7(3)11-5/h4,10H,1-3H3/b9-6+. The molecule has 0 atom stereocenters. The first-order chi connectivity index (χ1) is 5.15. The Bertz CT molecular complexity index is 286. The van der Waals surface area contributed by atoms with E-state index in [-0.39, 0.29) is 0 Å². The van der Waals surface area contributed by atoms with Crippen LogP contribution in [0.25, 0.3) is 0 Å². The quantitative estimate of drug-likeness (QED) is 0.381.